The predicted molar refractivity (Wildman–Crippen MR) is 67.9 cm³/mol. The lowest BCUT2D eigenvalue weighted by molar-refractivity contribution is 0.236. The second-order valence-corrected chi connectivity index (χ2v) is 6.55. The van der Waals surface area contributed by atoms with Crippen LogP contribution < -0.4 is 0 Å². The Balaban J connectivity index is 2.38. The standard InChI is InChI=1S/C13H25Br/c1-4-5-11-6-7-13(14)12(9-11)8-10(2)3/h10-13H,4-9H2,1-3H3. The molecule has 0 aromatic carbocycles. The second-order valence-electron chi connectivity index (χ2n) is 5.37. The van der Waals surface area contributed by atoms with E-state index in [1.54, 1.807) is 0 Å². The van der Waals surface area contributed by atoms with Crippen LogP contribution in [0, 0.1) is 17.8 Å². The van der Waals surface area contributed by atoms with E-state index in [1.165, 1.54) is 38.5 Å². The molecule has 3 unspecified atom stereocenters. The quantitative estimate of drug-likeness (QED) is 0.624. The zero-order valence-corrected chi connectivity index (χ0v) is 11.5. The number of hydrogen-bond acceptors (Lipinski definition) is 0. The zero-order valence-electron chi connectivity index (χ0n) is 9.93. The van der Waals surface area contributed by atoms with E-state index in [9.17, 15) is 0 Å². The summed E-state index contributed by atoms with van der Waals surface area (Å²) >= 11 is 3.86. The van der Waals surface area contributed by atoms with Gasteiger partial charge in [0.15, 0.2) is 0 Å². The zero-order chi connectivity index (χ0) is 10.6. The number of alkyl halides is 1. The molecule has 1 aliphatic carbocycles. The fraction of sp³-hybridized carbons (Fsp3) is 1.00. The van der Waals surface area contributed by atoms with Gasteiger partial charge in [0.1, 0.15) is 0 Å². The lowest BCUT2D eigenvalue weighted by Gasteiger charge is -2.34. The van der Waals surface area contributed by atoms with Crippen molar-refractivity contribution in [2.75, 3.05) is 0 Å². The maximum atomic E-state index is 3.86. The van der Waals surface area contributed by atoms with E-state index in [1.807, 2.05) is 0 Å². The molecule has 1 aliphatic rings. The van der Waals surface area contributed by atoms with Crippen LogP contribution in [0.25, 0.3) is 0 Å². The second kappa shape index (κ2) is 6.15. The van der Waals surface area contributed by atoms with Crippen molar-refractivity contribution in [3.8, 4) is 0 Å². The summed E-state index contributed by atoms with van der Waals surface area (Å²) in [7, 11) is 0. The first-order chi connectivity index (χ1) is 6.63. The summed E-state index contributed by atoms with van der Waals surface area (Å²) in [5.41, 5.74) is 0. The van der Waals surface area contributed by atoms with Crippen LogP contribution in [-0.2, 0) is 0 Å². The molecule has 84 valence electrons. The molecule has 0 nitrogen and oxygen atoms in total. The molecule has 0 heterocycles. The van der Waals surface area contributed by atoms with Crippen LogP contribution in [0.3, 0.4) is 0 Å². The van der Waals surface area contributed by atoms with Gasteiger partial charge in [-0.05, 0) is 43.4 Å². The number of rotatable bonds is 4. The Morgan fingerprint density at radius 2 is 2.00 bits per heavy atom. The van der Waals surface area contributed by atoms with Crippen LogP contribution in [0.5, 0.6) is 0 Å². The summed E-state index contributed by atoms with van der Waals surface area (Å²) in [6, 6.07) is 0. The molecule has 3 atom stereocenters. The Hall–Kier alpha value is 0.480. The average Bonchev–Trinajstić information content (AvgIpc) is 2.10. The third-order valence-electron chi connectivity index (χ3n) is 3.47. The Labute approximate surface area is 98.0 Å². The van der Waals surface area contributed by atoms with Crippen molar-refractivity contribution in [1.29, 1.82) is 0 Å². The highest BCUT2D eigenvalue weighted by atomic mass is 79.9. The molecule has 1 heteroatoms. The molecule has 0 aromatic heterocycles. The molecule has 0 spiro atoms. The molecular formula is C13H25Br. The van der Waals surface area contributed by atoms with Crippen LogP contribution in [-0.4, -0.2) is 4.83 Å². The van der Waals surface area contributed by atoms with Gasteiger partial charge in [-0.1, -0.05) is 49.5 Å². The molecule has 1 saturated carbocycles. The fourth-order valence-electron chi connectivity index (χ4n) is 2.84. The van der Waals surface area contributed by atoms with Gasteiger partial charge in [0, 0.05) is 4.83 Å². The van der Waals surface area contributed by atoms with Crippen LogP contribution in [0.1, 0.15) is 59.3 Å². The van der Waals surface area contributed by atoms with Gasteiger partial charge < -0.3 is 0 Å². The first kappa shape index (κ1) is 12.5. The van der Waals surface area contributed by atoms with Crippen molar-refractivity contribution in [3.05, 3.63) is 0 Å². The lowest BCUT2D eigenvalue weighted by Crippen LogP contribution is -2.26. The molecule has 0 bridgehead atoms. The SMILES string of the molecule is CCCC1CCC(Br)C(CC(C)C)C1. The van der Waals surface area contributed by atoms with Crippen molar-refractivity contribution in [2.24, 2.45) is 17.8 Å². The first-order valence-corrected chi connectivity index (χ1v) is 7.19. The van der Waals surface area contributed by atoms with Crippen molar-refractivity contribution in [1.82, 2.24) is 0 Å². The molecular weight excluding hydrogens is 236 g/mol. The van der Waals surface area contributed by atoms with Crippen LogP contribution in [0.2, 0.25) is 0 Å². The number of halogens is 1. The molecule has 0 amide bonds. The Bertz CT molecular complexity index is 153. The minimum Gasteiger partial charge on any atom is -0.0888 e. The van der Waals surface area contributed by atoms with Gasteiger partial charge in [-0.25, -0.2) is 0 Å². The highest BCUT2D eigenvalue weighted by Crippen LogP contribution is 2.38. The summed E-state index contributed by atoms with van der Waals surface area (Å²) < 4.78 is 0. The smallest absolute Gasteiger partial charge is 0.0174 e. The van der Waals surface area contributed by atoms with Gasteiger partial charge in [-0.3, -0.25) is 0 Å². The van der Waals surface area contributed by atoms with Gasteiger partial charge >= 0.3 is 0 Å². The molecule has 0 saturated heterocycles. The highest BCUT2D eigenvalue weighted by molar-refractivity contribution is 9.09. The third-order valence-corrected chi connectivity index (χ3v) is 4.67. The molecule has 1 rings (SSSR count). The number of hydrogen-bond donors (Lipinski definition) is 0. The topological polar surface area (TPSA) is 0 Å². The van der Waals surface area contributed by atoms with Gasteiger partial charge in [-0.2, -0.15) is 0 Å². The summed E-state index contributed by atoms with van der Waals surface area (Å²) in [4.78, 5) is 0.804. The van der Waals surface area contributed by atoms with Crippen molar-refractivity contribution < 1.29 is 0 Å². The van der Waals surface area contributed by atoms with Gasteiger partial charge in [0.2, 0.25) is 0 Å². The van der Waals surface area contributed by atoms with Crippen LogP contribution >= 0.6 is 15.9 Å². The minimum absolute atomic E-state index is 0.804. The molecule has 0 aliphatic heterocycles. The summed E-state index contributed by atoms with van der Waals surface area (Å²) in [6.45, 7) is 7.02. The van der Waals surface area contributed by atoms with E-state index in [2.05, 4.69) is 36.7 Å². The maximum Gasteiger partial charge on any atom is 0.0174 e. The van der Waals surface area contributed by atoms with E-state index < -0.39 is 0 Å². The lowest BCUT2D eigenvalue weighted by atomic mass is 9.76. The first-order valence-electron chi connectivity index (χ1n) is 6.27. The van der Waals surface area contributed by atoms with E-state index in [4.69, 9.17) is 0 Å². The van der Waals surface area contributed by atoms with Crippen LogP contribution in [0.4, 0.5) is 0 Å². The van der Waals surface area contributed by atoms with E-state index in [-0.39, 0.29) is 0 Å². The monoisotopic (exact) mass is 260 g/mol. The summed E-state index contributed by atoms with van der Waals surface area (Å²) in [5, 5.41) is 0. The summed E-state index contributed by atoms with van der Waals surface area (Å²) in [5.74, 6) is 2.83. The molecule has 14 heavy (non-hydrogen) atoms. The predicted octanol–water partition coefficient (Wildman–Crippen LogP) is 5.01. The Kier molecular flexibility index (Phi) is 5.51. The van der Waals surface area contributed by atoms with Crippen LogP contribution in [0.15, 0.2) is 0 Å². The molecule has 1 fully saturated rings. The summed E-state index contributed by atoms with van der Waals surface area (Å²) in [6.07, 6.45) is 8.57. The molecule has 0 aromatic rings. The largest absolute Gasteiger partial charge is 0.0888 e. The van der Waals surface area contributed by atoms with Gasteiger partial charge in [0.05, 0.1) is 0 Å². The van der Waals surface area contributed by atoms with Gasteiger partial charge in [-0.15, -0.1) is 0 Å². The Morgan fingerprint density at radius 1 is 1.29 bits per heavy atom. The van der Waals surface area contributed by atoms with Crippen molar-refractivity contribution in [2.45, 2.75) is 64.1 Å². The molecule has 0 radical (unpaired) electrons. The molecule has 0 N–H and O–H groups in total. The van der Waals surface area contributed by atoms with E-state index in [0.717, 1.165) is 22.6 Å². The van der Waals surface area contributed by atoms with Crippen molar-refractivity contribution in [3.63, 3.8) is 0 Å². The van der Waals surface area contributed by atoms with Gasteiger partial charge in [0.25, 0.3) is 0 Å². The fourth-order valence-corrected chi connectivity index (χ4v) is 3.54. The minimum atomic E-state index is 0.804. The maximum absolute atomic E-state index is 3.86. The normalized spacial score (nSPS) is 33.6. The highest BCUT2D eigenvalue weighted by Gasteiger charge is 2.28. The average molecular weight is 261 g/mol. The Morgan fingerprint density at radius 3 is 2.57 bits per heavy atom. The van der Waals surface area contributed by atoms with E-state index in [0.29, 0.717) is 0 Å². The van der Waals surface area contributed by atoms with Crippen molar-refractivity contribution >= 4 is 15.9 Å². The third kappa shape index (κ3) is 3.92. The van der Waals surface area contributed by atoms with E-state index >= 15 is 0 Å².